The third-order valence-corrected chi connectivity index (χ3v) is 6.48. The van der Waals surface area contributed by atoms with E-state index in [0.29, 0.717) is 18.3 Å². The van der Waals surface area contributed by atoms with Crippen LogP contribution in [-0.4, -0.2) is 42.5 Å². The lowest BCUT2D eigenvalue weighted by atomic mass is 10.00. The summed E-state index contributed by atoms with van der Waals surface area (Å²) in [5.74, 6) is 1.87. The Morgan fingerprint density at radius 1 is 1.18 bits per heavy atom. The van der Waals surface area contributed by atoms with Crippen LogP contribution in [0.25, 0.3) is 5.82 Å². The van der Waals surface area contributed by atoms with E-state index in [1.807, 2.05) is 19.9 Å². The van der Waals surface area contributed by atoms with E-state index in [-0.39, 0.29) is 5.56 Å². The number of hydrogen-bond acceptors (Lipinski definition) is 6. The highest BCUT2D eigenvalue weighted by Gasteiger charge is 2.30. The average Bonchev–Trinajstić information content (AvgIpc) is 3.28. The summed E-state index contributed by atoms with van der Waals surface area (Å²) in [5, 5.41) is 12.5. The maximum absolute atomic E-state index is 12.3. The van der Waals surface area contributed by atoms with Gasteiger partial charge in [0.05, 0.1) is 22.9 Å². The van der Waals surface area contributed by atoms with Gasteiger partial charge in [-0.1, -0.05) is 0 Å². The highest BCUT2D eigenvalue weighted by atomic mass is 32.1. The molecule has 0 N–H and O–H groups in total. The largest absolute Gasteiger partial charge is 0.297 e. The Labute approximate surface area is 167 Å². The Bertz CT molecular complexity index is 1060. The second-order valence-corrected chi connectivity index (χ2v) is 8.95. The zero-order valence-corrected chi connectivity index (χ0v) is 17.0. The van der Waals surface area contributed by atoms with Gasteiger partial charge < -0.3 is 0 Å². The molecule has 0 radical (unpaired) electrons. The minimum absolute atomic E-state index is 0.0580. The predicted molar refractivity (Wildman–Crippen MR) is 108 cm³/mol. The normalized spacial score (nSPS) is 17.8. The lowest BCUT2D eigenvalue weighted by molar-refractivity contribution is 0.0755. The highest BCUT2D eigenvalue weighted by molar-refractivity contribution is 7.09. The van der Waals surface area contributed by atoms with Gasteiger partial charge >= 0.3 is 0 Å². The van der Waals surface area contributed by atoms with E-state index in [2.05, 4.69) is 20.5 Å². The molecule has 1 aliphatic carbocycles. The van der Waals surface area contributed by atoms with Gasteiger partial charge in [0.2, 0.25) is 0 Å². The smallest absolute Gasteiger partial charge is 0.266 e. The van der Waals surface area contributed by atoms with Crippen molar-refractivity contribution in [2.45, 2.75) is 45.7 Å². The Hall–Kier alpha value is -2.32. The van der Waals surface area contributed by atoms with Crippen molar-refractivity contribution in [3.05, 3.63) is 56.0 Å². The monoisotopic (exact) mass is 396 g/mol. The van der Waals surface area contributed by atoms with Crippen LogP contribution in [0.1, 0.15) is 40.8 Å². The number of rotatable bonds is 6. The zero-order valence-electron chi connectivity index (χ0n) is 16.2. The number of aromatic nitrogens is 5. The number of hydrogen-bond donors (Lipinski definition) is 0. The number of nitrogens with zero attached hydrogens (tertiary/aromatic N) is 6. The topological polar surface area (TPSA) is 68.8 Å². The van der Waals surface area contributed by atoms with E-state index in [9.17, 15) is 4.79 Å². The Morgan fingerprint density at radius 2 is 2.00 bits per heavy atom. The van der Waals surface area contributed by atoms with Crippen LogP contribution in [0.4, 0.5) is 0 Å². The molecule has 5 rings (SSSR count). The molecule has 146 valence electrons. The van der Waals surface area contributed by atoms with Gasteiger partial charge in [0.15, 0.2) is 5.82 Å². The highest BCUT2D eigenvalue weighted by Crippen LogP contribution is 2.41. The molecule has 1 aliphatic heterocycles. The van der Waals surface area contributed by atoms with Crippen LogP contribution < -0.4 is 5.56 Å². The van der Waals surface area contributed by atoms with E-state index < -0.39 is 0 Å². The summed E-state index contributed by atoms with van der Waals surface area (Å²) in [6.07, 6.45) is 2.61. The second kappa shape index (κ2) is 6.93. The summed E-state index contributed by atoms with van der Waals surface area (Å²) in [6.45, 7) is 7.47. The Balaban J connectivity index is 1.21. The SMILES string of the molecule is Cc1cc(C)n(-c2ccc(=O)n(CC3CN(Cc4csc(C5CC5)n4)C3)n2)n1. The number of thiazole rings is 1. The van der Waals surface area contributed by atoms with E-state index in [4.69, 9.17) is 4.98 Å². The first-order chi connectivity index (χ1) is 13.5. The fourth-order valence-electron chi connectivity index (χ4n) is 3.85. The van der Waals surface area contributed by atoms with Crippen LogP contribution in [0.2, 0.25) is 0 Å². The minimum Gasteiger partial charge on any atom is -0.297 e. The molecule has 0 amide bonds. The average molecular weight is 397 g/mol. The minimum atomic E-state index is -0.0580. The van der Waals surface area contributed by atoms with Crippen LogP contribution in [-0.2, 0) is 13.1 Å². The van der Waals surface area contributed by atoms with Gasteiger partial charge in [-0.25, -0.2) is 14.3 Å². The fraction of sp³-hybridized carbons (Fsp3) is 0.500. The molecule has 2 fully saturated rings. The molecule has 8 heteroatoms. The summed E-state index contributed by atoms with van der Waals surface area (Å²) in [7, 11) is 0. The predicted octanol–water partition coefficient (Wildman–Crippen LogP) is 2.51. The van der Waals surface area contributed by atoms with Gasteiger partial charge in [0.25, 0.3) is 5.56 Å². The van der Waals surface area contributed by atoms with E-state index in [1.165, 1.54) is 23.5 Å². The molecule has 2 aliphatic rings. The zero-order chi connectivity index (χ0) is 19.3. The van der Waals surface area contributed by atoms with Crippen molar-refractivity contribution in [3.63, 3.8) is 0 Å². The number of likely N-dealkylation sites (tertiary alicyclic amines) is 1. The van der Waals surface area contributed by atoms with Crippen LogP contribution >= 0.6 is 11.3 Å². The molecule has 1 saturated heterocycles. The number of aryl methyl sites for hydroxylation is 2. The van der Waals surface area contributed by atoms with Crippen molar-refractivity contribution in [3.8, 4) is 5.82 Å². The standard InChI is InChI=1S/C20H24N6OS/c1-13-7-14(2)26(22-13)18-5-6-19(27)25(23-18)10-15-8-24(9-15)11-17-12-28-20(21-17)16-3-4-16/h5-7,12,15-16H,3-4,8-11H2,1-2H3. The third-order valence-electron chi connectivity index (χ3n) is 5.42. The maximum atomic E-state index is 12.3. The third kappa shape index (κ3) is 3.54. The fourth-order valence-corrected chi connectivity index (χ4v) is 4.83. The van der Waals surface area contributed by atoms with Crippen molar-refractivity contribution >= 4 is 11.3 Å². The molecule has 1 saturated carbocycles. The van der Waals surface area contributed by atoms with Crippen LogP contribution in [0.15, 0.2) is 28.4 Å². The first-order valence-electron chi connectivity index (χ1n) is 9.83. The molecule has 0 atom stereocenters. The molecule has 3 aromatic heterocycles. The molecule has 4 heterocycles. The molecule has 3 aromatic rings. The van der Waals surface area contributed by atoms with Crippen molar-refractivity contribution in [1.29, 1.82) is 0 Å². The van der Waals surface area contributed by atoms with Crippen molar-refractivity contribution in [2.75, 3.05) is 13.1 Å². The summed E-state index contributed by atoms with van der Waals surface area (Å²) < 4.78 is 3.37. The van der Waals surface area contributed by atoms with Crippen LogP contribution in [0.5, 0.6) is 0 Å². The summed E-state index contributed by atoms with van der Waals surface area (Å²) >= 11 is 1.80. The van der Waals surface area contributed by atoms with Crippen molar-refractivity contribution in [1.82, 2.24) is 29.4 Å². The van der Waals surface area contributed by atoms with Gasteiger partial charge in [0.1, 0.15) is 0 Å². The van der Waals surface area contributed by atoms with Gasteiger partial charge in [-0.05, 0) is 38.8 Å². The quantitative estimate of drug-likeness (QED) is 0.640. The van der Waals surface area contributed by atoms with Crippen LogP contribution in [0.3, 0.4) is 0 Å². The molecule has 0 unspecified atom stereocenters. The van der Waals surface area contributed by atoms with E-state index in [0.717, 1.165) is 36.9 Å². The first kappa shape index (κ1) is 17.8. The lowest BCUT2D eigenvalue weighted by Crippen LogP contribution is -2.49. The van der Waals surface area contributed by atoms with Gasteiger partial charge in [-0.15, -0.1) is 16.4 Å². The Morgan fingerprint density at radius 3 is 2.71 bits per heavy atom. The van der Waals surface area contributed by atoms with E-state index in [1.54, 1.807) is 32.8 Å². The maximum Gasteiger partial charge on any atom is 0.266 e. The van der Waals surface area contributed by atoms with Crippen LogP contribution in [0, 0.1) is 19.8 Å². The van der Waals surface area contributed by atoms with Gasteiger partial charge in [-0.3, -0.25) is 9.69 Å². The molecular formula is C20H24N6OS. The van der Waals surface area contributed by atoms with Gasteiger partial charge in [-0.2, -0.15) is 5.10 Å². The van der Waals surface area contributed by atoms with E-state index >= 15 is 0 Å². The Kier molecular flexibility index (Phi) is 4.40. The molecule has 28 heavy (non-hydrogen) atoms. The lowest BCUT2D eigenvalue weighted by Gasteiger charge is -2.38. The first-order valence-corrected chi connectivity index (χ1v) is 10.7. The molecular weight excluding hydrogens is 372 g/mol. The molecule has 7 nitrogen and oxygen atoms in total. The summed E-state index contributed by atoms with van der Waals surface area (Å²) in [4.78, 5) is 19.4. The molecule has 0 bridgehead atoms. The second-order valence-electron chi connectivity index (χ2n) is 8.06. The van der Waals surface area contributed by atoms with Gasteiger partial charge in [0, 0.05) is 48.6 Å². The van der Waals surface area contributed by atoms with Crippen molar-refractivity contribution < 1.29 is 0 Å². The summed E-state index contributed by atoms with van der Waals surface area (Å²) in [6, 6.07) is 5.34. The van der Waals surface area contributed by atoms with Crippen molar-refractivity contribution in [2.24, 2.45) is 5.92 Å². The molecule has 0 aromatic carbocycles. The summed E-state index contributed by atoms with van der Waals surface area (Å²) in [5.41, 5.74) is 3.09. The molecule has 0 spiro atoms.